The second kappa shape index (κ2) is 8.98. The number of carbonyl (C=O) groups excluding carboxylic acids is 2. The summed E-state index contributed by atoms with van der Waals surface area (Å²) >= 11 is 0. The number of halogens is 2. The van der Waals surface area contributed by atoms with E-state index >= 15 is 0 Å². The highest BCUT2D eigenvalue weighted by atomic mass is 19.1. The summed E-state index contributed by atoms with van der Waals surface area (Å²) in [5, 5.41) is 2.32. The van der Waals surface area contributed by atoms with E-state index in [4.69, 9.17) is 5.73 Å². The van der Waals surface area contributed by atoms with Crippen LogP contribution in [-0.2, 0) is 9.59 Å². The fourth-order valence-corrected chi connectivity index (χ4v) is 4.88. The van der Waals surface area contributed by atoms with Crippen LogP contribution >= 0.6 is 0 Å². The lowest BCUT2D eigenvalue weighted by Crippen LogP contribution is -2.50. The van der Waals surface area contributed by atoms with Crippen molar-refractivity contribution in [3.05, 3.63) is 29.6 Å². The Balaban J connectivity index is 1.32. The van der Waals surface area contributed by atoms with Crippen LogP contribution in [0.15, 0.2) is 18.2 Å². The quantitative estimate of drug-likeness (QED) is 0.728. The van der Waals surface area contributed by atoms with E-state index < -0.39 is 12.1 Å². The van der Waals surface area contributed by atoms with Crippen molar-refractivity contribution < 1.29 is 18.4 Å². The van der Waals surface area contributed by atoms with Crippen molar-refractivity contribution in [1.82, 2.24) is 10.2 Å². The number of benzene rings is 1. The average molecular weight is 421 g/mol. The van der Waals surface area contributed by atoms with Crippen molar-refractivity contribution in [3.8, 4) is 0 Å². The van der Waals surface area contributed by atoms with Crippen LogP contribution in [0.4, 0.5) is 14.5 Å². The van der Waals surface area contributed by atoms with Crippen molar-refractivity contribution in [1.29, 1.82) is 0 Å². The number of carbonyl (C=O) groups is 2. The van der Waals surface area contributed by atoms with E-state index in [1.807, 2.05) is 4.90 Å². The highest BCUT2D eigenvalue weighted by Crippen LogP contribution is 2.31. The number of alkyl halides is 1. The van der Waals surface area contributed by atoms with Gasteiger partial charge in [0, 0.05) is 38.6 Å². The van der Waals surface area contributed by atoms with E-state index in [9.17, 15) is 18.4 Å². The molecule has 2 amide bonds. The normalized spacial score (nSPS) is 29.2. The number of hydrogen-bond acceptors (Lipinski definition) is 5. The zero-order valence-electron chi connectivity index (χ0n) is 17.2. The fraction of sp³-hybridized carbons (Fsp3) is 0.636. The van der Waals surface area contributed by atoms with E-state index in [-0.39, 0.29) is 30.1 Å². The van der Waals surface area contributed by atoms with Gasteiger partial charge in [0.15, 0.2) is 0 Å². The Bertz CT molecular complexity index is 797. The number of piperidine rings is 3. The van der Waals surface area contributed by atoms with Crippen molar-refractivity contribution in [3.63, 3.8) is 0 Å². The molecule has 0 saturated carbocycles. The van der Waals surface area contributed by atoms with E-state index in [1.165, 1.54) is 6.07 Å². The van der Waals surface area contributed by atoms with Crippen molar-refractivity contribution >= 4 is 17.5 Å². The molecule has 0 radical (unpaired) electrons. The molecule has 0 aromatic heterocycles. The largest absolute Gasteiger partial charge is 0.369 e. The number of nitrogens with zero attached hydrogens (tertiary/aromatic N) is 2. The van der Waals surface area contributed by atoms with Crippen LogP contribution in [-0.4, -0.2) is 61.7 Å². The Morgan fingerprint density at radius 2 is 1.87 bits per heavy atom. The summed E-state index contributed by atoms with van der Waals surface area (Å²) in [6.07, 6.45) is 2.32. The van der Waals surface area contributed by atoms with Gasteiger partial charge in [-0.25, -0.2) is 8.78 Å². The number of imide groups is 1. The smallest absolute Gasteiger partial charge is 0.234 e. The first-order chi connectivity index (χ1) is 14.4. The van der Waals surface area contributed by atoms with Gasteiger partial charge in [0.1, 0.15) is 12.0 Å². The Kier molecular flexibility index (Phi) is 6.34. The van der Waals surface area contributed by atoms with Crippen LogP contribution in [0, 0.1) is 11.7 Å². The van der Waals surface area contributed by atoms with Crippen molar-refractivity contribution in [2.45, 2.75) is 50.2 Å². The summed E-state index contributed by atoms with van der Waals surface area (Å²) in [7, 11) is 0. The van der Waals surface area contributed by atoms with Crippen LogP contribution in [0.25, 0.3) is 0 Å². The molecule has 3 heterocycles. The van der Waals surface area contributed by atoms with Gasteiger partial charge >= 0.3 is 0 Å². The summed E-state index contributed by atoms with van der Waals surface area (Å²) in [5.74, 6) is -0.956. The molecular formula is C22H30F2N4O2. The molecule has 3 N–H and O–H groups in total. The Morgan fingerprint density at radius 1 is 1.10 bits per heavy atom. The van der Waals surface area contributed by atoms with E-state index in [0.29, 0.717) is 36.6 Å². The monoisotopic (exact) mass is 420 g/mol. The molecule has 3 saturated heterocycles. The number of nitrogens with one attached hydrogen (secondary N) is 1. The van der Waals surface area contributed by atoms with Gasteiger partial charge in [-0.2, -0.15) is 0 Å². The second-order valence-corrected chi connectivity index (χ2v) is 8.87. The highest BCUT2D eigenvalue weighted by Gasteiger charge is 2.31. The van der Waals surface area contributed by atoms with Gasteiger partial charge in [0.2, 0.25) is 11.8 Å². The molecule has 3 atom stereocenters. The third-order valence-corrected chi connectivity index (χ3v) is 6.76. The summed E-state index contributed by atoms with van der Waals surface area (Å²) in [4.78, 5) is 27.6. The van der Waals surface area contributed by atoms with E-state index in [2.05, 4.69) is 10.2 Å². The van der Waals surface area contributed by atoms with Gasteiger partial charge < -0.3 is 15.5 Å². The van der Waals surface area contributed by atoms with Crippen LogP contribution in [0.1, 0.15) is 43.6 Å². The summed E-state index contributed by atoms with van der Waals surface area (Å²) in [6.45, 7) is 3.64. The van der Waals surface area contributed by atoms with E-state index in [0.717, 1.165) is 39.0 Å². The maximum atomic E-state index is 14.8. The number of amides is 2. The SMILES string of the molecule is N[C@@H]1CCN(CC2CCN(c3ccc(C4CCC(=O)NC4=O)cc3F)CC2)C[C@@H]1F. The average Bonchev–Trinajstić information content (AvgIpc) is 2.71. The number of nitrogens with two attached hydrogens (primary N) is 1. The van der Waals surface area contributed by atoms with Crippen LogP contribution in [0.2, 0.25) is 0 Å². The molecule has 1 aromatic rings. The van der Waals surface area contributed by atoms with E-state index in [1.54, 1.807) is 12.1 Å². The van der Waals surface area contributed by atoms with Crippen molar-refractivity contribution in [2.75, 3.05) is 37.6 Å². The highest BCUT2D eigenvalue weighted by molar-refractivity contribution is 6.00. The third kappa shape index (κ3) is 4.64. The molecule has 0 aliphatic carbocycles. The molecule has 3 fully saturated rings. The van der Waals surface area contributed by atoms with Gasteiger partial charge in [-0.3, -0.25) is 14.9 Å². The predicted octanol–water partition coefficient (Wildman–Crippen LogP) is 1.93. The van der Waals surface area contributed by atoms with Crippen molar-refractivity contribution in [2.24, 2.45) is 11.7 Å². The van der Waals surface area contributed by atoms with Gasteiger partial charge in [0.05, 0.1) is 11.6 Å². The van der Waals surface area contributed by atoms with Crippen LogP contribution in [0.3, 0.4) is 0 Å². The Labute approximate surface area is 175 Å². The number of hydrogen-bond donors (Lipinski definition) is 2. The topological polar surface area (TPSA) is 78.7 Å². The van der Waals surface area contributed by atoms with Gasteiger partial charge in [0.25, 0.3) is 0 Å². The number of anilines is 1. The minimum Gasteiger partial charge on any atom is -0.369 e. The first kappa shape index (κ1) is 21.2. The molecule has 1 unspecified atom stereocenters. The first-order valence-electron chi connectivity index (χ1n) is 10.9. The molecule has 0 bridgehead atoms. The lowest BCUT2D eigenvalue weighted by molar-refractivity contribution is -0.134. The maximum Gasteiger partial charge on any atom is 0.234 e. The third-order valence-electron chi connectivity index (χ3n) is 6.76. The Morgan fingerprint density at radius 3 is 2.53 bits per heavy atom. The fourth-order valence-electron chi connectivity index (χ4n) is 4.88. The molecule has 8 heteroatoms. The summed E-state index contributed by atoms with van der Waals surface area (Å²) in [6, 6.07) is 4.63. The molecule has 30 heavy (non-hydrogen) atoms. The minimum atomic E-state index is -0.948. The lowest BCUT2D eigenvalue weighted by atomic mass is 9.90. The molecular weight excluding hydrogens is 390 g/mol. The first-order valence-corrected chi connectivity index (χ1v) is 10.9. The summed E-state index contributed by atoms with van der Waals surface area (Å²) < 4.78 is 28.7. The number of rotatable bonds is 4. The molecule has 4 rings (SSSR count). The van der Waals surface area contributed by atoms with Crippen LogP contribution < -0.4 is 16.0 Å². The zero-order valence-corrected chi connectivity index (χ0v) is 17.2. The van der Waals surface area contributed by atoms with Gasteiger partial charge in [-0.05, 0) is 55.8 Å². The predicted molar refractivity (Wildman–Crippen MR) is 110 cm³/mol. The van der Waals surface area contributed by atoms with Gasteiger partial charge in [-0.15, -0.1) is 0 Å². The molecule has 3 aliphatic heterocycles. The molecule has 6 nitrogen and oxygen atoms in total. The lowest BCUT2D eigenvalue weighted by Gasteiger charge is -2.39. The maximum absolute atomic E-state index is 14.8. The number of likely N-dealkylation sites (tertiary alicyclic amines) is 1. The second-order valence-electron chi connectivity index (χ2n) is 8.87. The zero-order chi connectivity index (χ0) is 21.3. The van der Waals surface area contributed by atoms with Crippen LogP contribution in [0.5, 0.6) is 0 Å². The van der Waals surface area contributed by atoms with Gasteiger partial charge in [-0.1, -0.05) is 6.07 Å². The molecule has 0 spiro atoms. The molecule has 164 valence electrons. The Hall–Kier alpha value is -2.06. The minimum absolute atomic E-state index is 0.273. The molecule has 1 aromatic carbocycles. The molecule has 3 aliphatic rings. The standard InChI is InChI=1S/C22H30F2N4O2/c23-17-11-15(16-2-4-21(29)26-22(16)30)1-3-20(17)28-9-5-14(6-10-28)12-27-8-7-19(25)18(24)13-27/h1,3,11,14,16,18-19H,2,4-10,12-13,25H2,(H,26,29,30)/t16?,18-,19+/m0/s1. The summed E-state index contributed by atoms with van der Waals surface area (Å²) in [5.41, 5.74) is 6.93.